The highest BCUT2D eigenvalue weighted by Gasteiger charge is 2.40. The summed E-state index contributed by atoms with van der Waals surface area (Å²) in [6.45, 7) is 4.25. The molecule has 3 aromatic rings. The summed E-state index contributed by atoms with van der Waals surface area (Å²) < 4.78 is 0. The van der Waals surface area contributed by atoms with Gasteiger partial charge in [-0.3, -0.25) is 9.59 Å². The van der Waals surface area contributed by atoms with Gasteiger partial charge in [-0.2, -0.15) is 0 Å². The van der Waals surface area contributed by atoms with E-state index in [0.29, 0.717) is 27.8 Å². The first-order valence-electron chi connectivity index (χ1n) is 9.76. The second kappa shape index (κ2) is 8.17. The van der Waals surface area contributed by atoms with Gasteiger partial charge in [0.05, 0.1) is 11.3 Å². The van der Waals surface area contributed by atoms with Crippen molar-refractivity contribution in [1.29, 1.82) is 0 Å². The topological polar surface area (TPSA) is 49.4 Å². The fourth-order valence-corrected chi connectivity index (χ4v) is 3.56. The molecule has 0 unspecified atom stereocenters. The fraction of sp³-hybridized carbons (Fsp3) is 0.120. The summed E-state index contributed by atoms with van der Waals surface area (Å²) in [7, 11) is 0. The Morgan fingerprint density at radius 1 is 0.800 bits per heavy atom. The maximum Gasteiger partial charge on any atom is 0.282 e. The van der Waals surface area contributed by atoms with Crippen LogP contribution in [0.1, 0.15) is 30.9 Å². The van der Waals surface area contributed by atoms with E-state index in [9.17, 15) is 9.59 Å². The van der Waals surface area contributed by atoms with E-state index in [1.807, 2.05) is 30.3 Å². The molecule has 1 aliphatic rings. The van der Waals surface area contributed by atoms with Crippen molar-refractivity contribution in [2.24, 2.45) is 0 Å². The van der Waals surface area contributed by atoms with Gasteiger partial charge in [-0.25, -0.2) is 4.90 Å². The first-order valence-corrected chi connectivity index (χ1v) is 10.1. The van der Waals surface area contributed by atoms with Gasteiger partial charge in [-0.1, -0.05) is 67.9 Å². The Kier molecular flexibility index (Phi) is 5.42. The number of amides is 2. The molecule has 1 aliphatic heterocycles. The predicted octanol–water partition coefficient (Wildman–Crippen LogP) is 5.86. The SMILES string of the molecule is CC(C)c1ccc(NC2=C(c3ccc(Cl)cc3)C(=O)N(c3ccccc3)C2=O)cc1. The predicted molar refractivity (Wildman–Crippen MR) is 121 cm³/mol. The zero-order valence-electron chi connectivity index (χ0n) is 16.7. The van der Waals surface area contributed by atoms with Crippen LogP contribution in [0.5, 0.6) is 0 Å². The van der Waals surface area contributed by atoms with Crippen LogP contribution in [0.15, 0.2) is 84.6 Å². The molecule has 0 fully saturated rings. The minimum absolute atomic E-state index is 0.253. The van der Waals surface area contributed by atoms with E-state index in [-0.39, 0.29) is 17.5 Å². The molecule has 3 aromatic carbocycles. The van der Waals surface area contributed by atoms with Crippen molar-refractivity contribution in [3.8, 4) is 0 Å². The van der Waals surface area contributed by atoms with Crippen LogP contribution in [0.2, 0.25) is 5.02 Å². The lowest BCUT2D eigenvalue weighted by molar-refractivity contribution is -0.120. The number of rotatable bonds is 5. The van der Waals surface area contributed by atoms with Gasteiger partial charge in [-0.05, 0) is 53.4 Å². The molecule has 4 nitrogen and oxygen atoms in total. The maximum atomic E-state index is 13.3. The number of nitrogens with zero attached hydrogens (tertiary/aromatic N) is 1. The standard InChI is InChI=1S/C25H21ClN2O2/c1-16(2)17-10-14-20(15-11-17)27-23-22(18-8-12-19(26)13-9-18)24(29)28(25(23)30)21-6-4-3-5-7-21/h3-16,27H,1-2H3. The van der Waals surface area contributed by atoms with Gasteiger partial charge in [0.1, 0.15) is 5.70 Å². The number of nitrogens with one attached hydrogen (secondary N) is 1. The van der Waals surface area contributed by atoms with Crippen molar-refractivity contribution in [2.45, 2.75) is 19.8 Å². The Hall–Kier alpha value is -3.37. The average Bonchev–Trinajstić information content (AvgIpc) is 2.99. The molecule has 30 heavy (non-hydrogen) atoms. The van der Waals surface area contributed by atoms with Crippen LogP contribution in [0, 0.1) is 0 Å². The number of para-hydroxylation sites is 1. The minimum Gasteiger partial charge on any atom is -0.350 e. The molecule has 1 heterocycles. The summed E-state index contributed by atoms with van der Waals surface area (Å²) in [6, 6.07) is 23.7. The van der Waals surface area contributed by atoms with Crippen molar-refractivity contribution in [1.82, 2.24) is 0 Å². The van der Waals surface area contributed by atoms with E-state index < -0.39 is 0 Å². The smallest absolute Gasteiger partial charge is 0.282 e. The monoisotopic (exact) mass is 416 g/mol. The molecule has 1 N–H and O–H groups in total. The number of halogens is 1. The summed E-state index contributed by atoms with van der Waals surface area (Å²) in [5.41, 5.74) is 3.70. The van der Waals surface area contributed by atoms with E-state index in [4.69, 9.17) is 11.6 Å². The zero-order valence-corrected chi connectivity index (χ0v) is 17.5. The summed E-state index contributed by atoms with van der Waals surface area (Å²) in [5.74, 6) is -0.343. The van der Waals surface area contributed by atoms with Gasteiger partial charge >= 0.3 is 0 Å². The maximum absolute atomic E-state index is 13.3. The lowest BCUT2D eigenvalue weighted by Crippen LogP contribution is -2.32. The molecule has 0 spiro atoms. The molecule has 4 rings (SSSR count). The minimum atomic E-state index is -0.385. The molecular formula is C25H21ClN2O2. The molecule has 150 valence electrons. The zero-order chi connectivity index (χ0) is 21.3. The largest absolute Gasteiger partial charge is 0.350 e. The second-order valence-corrected chi connectivity index (χ2v) is 7.88. The molecule has 0 aliphatic carbocycles. The molecule has 5 heteroatoms. The first-order chi connectivity index (χ1) is 14.5. The van der Waals surface area contributed by atoms with E-state index in [1.165, 1.54) is 10.5 Å². The van der Waals surface area contributed by atoms with Gasteiger partial charge in [0.15, 0.2) is 0 Å². The van der Waals surface area contributed by atoms with Crippen LogP contribution in [-0.4, -0.2) is 11.8 Å². The van der Waals surface area contributed by atoms with Crippen LogP contribution < -0.4 is 10.2 Å². The van der Waals surface area contributed by atoms with Crippen molar-refractivity contribution in [2.75, 3.05) is 10.2 Å². The van der Waals surface area contributed by atoms with E-state index in [2.05, 4.69) is 19.2 Å². The van der Waals surface area contributed by atoms with Crippen molar-refractivity contribution < 1.29 is 9.59 Å². The highest BCUT2D eigenvalue weighted by atomic mass is 35.5. The van der Waals surface area contributed by atoms with Crippen molar-refractivity contribution >= 4 is 40.4 Å². The van der Waals surface area contributed by atoms with Gasteiger partial charge in [0.25, 0.3) is 11.8 Å². The van der Waals surface area contributed by atoms with Crippen LogP contribution in [-0.2, 0) is 9.59 Å². The van der Waals surface area contributed by atoms with Crippen molar-refractivity contribution in [3.63, 3.8) is 0 Å². The Morgan fingerprint density at radius 2 is 1.43 bits per heavy atom. The number of hydrogen-bond acceptors (Lipinski definition) is 3. The Labute approximate surface area is 180 Å². The number of carbonyl (C=O) groups excluding carboxylic acids is 2. The summed E-state index contributed by atoms with van der Waals surface area (Å²) in [4.78, 5) is 27.8. The highest BCUT2D eigenvalue weighted by molar-refractivity contribution is 6.46. The normalized spacial score (nSPS) is 14.1. The van der Waals surface area contributed by atoms with Gasteiger partial charge in [0.2, 0.25) is 0 Å². The van der Waals surface area contributed by atoms with Gasteiger partial charge in [-0.15, -0.1) is 0 Å². The first kappa shape index (κ1) is 19.9. The van der Waals surface area contributed by atoms with E-state index >= 15 is 0 Å². The van der Waals surface area contributed by atoms with Crippen LogP contribution in [0.4, 0.5) is 11.4 Å². The number of carbonyl (C=O) groups is 2. The van der Waals surface area contributed by atoms with Crippen molar-refractivity contribution in [3.05, 3.63) is 101 Å². The van der Waals surface area contributed by atoms with Crippen LogP contribution >= 0.6 is 11.6 Å². The van der Waals surface area contributed by atoms with Crippen LogP contribution in [0.3, 0.4) is 0 Å². The molecule has 2 amide bonds. The Balaban J connectivity index is 1.77. The number of imide groups is 1. The molecule has 0 saturated carbocycles. The second-order valence-electron chi connectivity index (χ2n) is 7.44. The van der Waals surface area contributed by atoms with Gasteiger partial charge in [0, 0.05) is 10.7 Å². The highest BCUT2D eigenvalue weighted by Crippen LogP contribution is 2.34. The Morgan fingerprint density at radius 3 is 2.03 bits per heavy atom. The van der Waals surface area contributed by atoms with Gasteiger partial charge < -0.3 is 5.32 Å². The number of hydrogen-bond donors (Lipinski definition) is 1. The number of benzene rings is 3. The molecule has 0 radical (unpaired) electrons. The Bertz CT molecular complexity index is 1120. The fourth-order valence-electron chi connectivity index (χ4n) is 3.44. The van der Waals surface area contributed by atoms with E-state index in [1.54, 1.807) is 48.5 Å². The molecule has 0 bridgehead atoms. The summed E-state index contributed by atoms with van der Waals surface area (Å²) >= 11 is 6.02. The molecule has 0 saturated heterocycles. The third-order valence-corrected chi connectivity index (χ3v) is 5.33. The average molecular weight is 417 g/mol. The molecule has 0 aromatic heterocycles. The summed E-state index contributed by atoms with van der Waals surface area (Å²) in [6.07, 6.45) is 0. The third kappa shape index (κ3) is 3.74. The third-order valence-electron chi connectivity index (χ3n) is 5.08. The number of anilines is 2. The van der Waals surface area contributed by atoms with E-state index in [0.717, 1.165) is 5.69 Å². The summed E-state index contributed by atoms with van der Waals surface area (Å²) in [5, 5.41) is 3.75. The molecular weight excluding hydrogens is 396 g/mol. The lowest BCUT2D eigenvalue weighted by Gasteiger charge is -2.15. The lowest BCUT2D eigenvalue weighted by atomic mass is 10.0. The van der Waals surface area contributed by atoms with Crippen LogP contribution in [0.25, 0.3) is 5.57 Å². The quantitative estimate of drug-likeness (QED) is 0.530. The molecule has 0 atom stereocenters.